The Hall–Kier alpha value is -5.69. The van der Waals surface area contributed by atoms with Gasteiger partial charge in [-0.1, -0.05) is 67.1 Å². The van der Waals surface area contributed by atoms with Gasteiger partial charge >= 0.3 is 6.09 Å². The number of rotatable bonds is 16. The van der Waals surface area contributed by atoms with Gasteiger partial charge in [-0.15, -0.1) is 0 Å². The lowest BCUT2D eigenvalue weighted by atomic mass is 9.86. The average molecular weight is 828 g/mol. The Morgan fingerprint density at radius 3 is 2.44 bits per heavy atom. The smallest absolute Gasteiger partial charge is 0.408 e. The second-order valence-electron chi connectivity index (χ2n) is 16.8. The van der Waals surface area contributed by atoms with E-state index in [4.69, 9.17) is 9.47 Å². The molecule has 4 aliphatic rings. The number of piperidine rings is 4. The van der Waals surface area contributed by atoms with Crippen molar-refractivity contribution < 1.29 is 29.3 Å². The molecular weight excluding hydrogens is 771 g/mol. The first kappa shape index (κ1) is 42.0. The largest absolute Gasteiger partial charge is 0.506 e. The predicted octanol–water partition coefficient (Wildman–Crippen LogP) is 7.21. The number of fused-ring (bicyclic) bond motifs is 4. The number of pyridine rings is 1. The minimum atomic E-state index is -0.803. The summed E-state index contributed by atoms with van der Waals surface area (Å²) in [5.41, 5.74) is 4.10. The monoisotopic (exact) mass is 827 g/mol. The lowest BCUT2D eigenvalue weighted by Gasteiger charge is -2.43. The molecule has 2 bridgehead atoms. The summed E-state index contributed by atoms with van der Waals surface area (Å²) in [4.78, 5) is 45.9. The number of aliphatic hydroxyl groups excluding tert-OH is 1. The van der Waals surface area contributed by atoms with Gasteiger partial charge in [0.25, 0.3) is 5.91 Å². The number of unbranched alkanes of at least 4 members (excludes halogenated alkanes) is 1. The quantitative estimate of drug-likeness (QED) is 0.0649. The fourth-order valence-electron chi connectivity index (χ4n) is 9.29. The number of benzene rings is 4. The topological polar surface area (TPSA) is 156 Å². The molecule has 61 heavy (non-hydrogen) atoms. The van der Waals surface area contributed by atoms with Crippen molar-refractivity contribution in [3.8, 4) is 11.5 Å². The molecular formula is C49H57N5O7. The molecule has 0 spiro atoms. The van der Waals surface area contributed by atoms with Crippen molar-refractivity contribution in [1.29, 1.82) is 0 Å². The number of ether oxygens (including phenoxy) is 2. The van der Waals surface area contributed by atoms with Crippen LogP contribution in [0.5, 0.6) is 11.5 Å². The summed E-state index contributed by atoms with van der Waals surface area (Å²) in [7, 11) is 0. The SMILES string of the molecule is O=C(N[C@@H](c1ccccc1)c1cccc(OCc2ccc(C(=O)N3CCCCC3CCCCNCC(O)c3ccc(O)c4[nH]c(=O)ccc34)cc2)c1)OC1CN2CCC1CC2. The molecule has 320 valence electrons. The molecule has 0 radical (unpaired) electrons. The number of aromatic nitrogens is 1. The number of aromatic hydroxyl groups is 1. The predicted molar refractivity (Wildman–Crippen MR) is 235 cm³/mol. The van der Waals surface area contributed by atoms with Crippen LogP contribution >= 0.6 is 0 Å². The highest BCUT2D eigenvalue weighted by atomic mass is 16.6. The van der Waals surface area contributed by atoms with E-state index in [1.54, 1.807) is 12.1 Å². The van der Waals surface area contributed by atoms with Crippen LogP contribution in [0.25, 0.3) is 10.9 Å². The van der Waals surface area contributed by atoms with Gasteiger partial charge in [0.05, 0.1) is 17.7 Å². The minimum absolute atomic E-state index is 0.0319. The van der Waals surface area contributed by atoms with Crippen LogP contribution < -0.4 is 20.9 Å². The number of carbonyl (C=O) groups is 2. The lowest BCUT2D eigenvalue weighted by Crippen LogP contribution is -2.52. The van der Waals surface area contributed by atoms with Crippen LogP contribution in [0.15, 0.2) is 108 Å². The zero-order valence-electron chi connectivity index (χ0n) is 34.6. The molecule has 12 heteroatoms. The van der Waals surface area contributed by atoms with Gasteiger partial charge in [-0.05, 0) is 129 Å². The van der Waals surface area contributed by atoms with Crippen LogP contribution in [0.3, 0.4) is 0 Å². The van der Waals surface area contributed by atoms with Crippen LogP contribution in [-0.4, -0.2) is 88.4 Å². The van der Waals surface area contributed by atoms with E-state index in [9.17, 15) is 24.6 Å². The van der Waals surface area contributed by atoms with Crippen molar-refractivity contribution in [3.63, 3.8) is 0 Å². The number of hydrogen-bond acceptors (Lipinski definition) is 9. The normalized spacial score (nSPS) is 20.8. The Kier molecular flexibility index (Phi) is 13.6. The minimum Gasteiger partial charge on any atom is -0.506 e. The average Bonchev–Trinajstić information content (AvgIpc) is 3.29. The number of hydrogen-bond donors (Lipinski definition) is 5. The van der Waals surface area contributed by atoms with Gasteiger partial charge in [0.1, 0.15) is 24.2 Å². The number of carbonyl (C=O) groups excluding carboxylic acids is 2. The first-order valence-electron chi connectivity index (χ1n) is 21.9. The molecule has 4 saturated heterocycles. The molecule has 9 rings (SSSR count). The summed E-state index contributed by atoms with van der Waals surface area (Å²) in [6, 6.07) is 31.3. The molecule has 4 fully saturated rings. The van der Waals surface area contributed by atoms with Gasteiger partial charge in [0.2, 0.25) is 5.56 Å². The van der Waals surface area contributed by atoms with E-state index in [2.05, 4.69) is 20.5 Å². The molecule has 0 aliphatic carbocycles. The zero-order chi connectivity index (χ0) is 42.1. The number of alkyl carbamates (subject to hydrolysis) is 1. The molecule has 12 nitrogen and oxygen atoms in total. The highest BCUT2D eigenvalue weighted by Crippen LogP contribution is 2.32. The summed E-state index contributed by atoms with van der Waals surface area (Å²) >= 11 is 0. The summed E-state index contributed by atoms with van der Waals surface area (Å²) in [5.74, 6) is 1.13. The summed E-state index contributed by atoms with van der Waals surface area (Å²) < 4.78 is 12.3. The molecule has 5 heterocycles. The maximum absolute atomic E-state index is 13.8. The van der Waals surface area contributed by atoms with E-state index in [0.717, 1.165) is 101 Å². The van der Waals surface area contributed by atoms with E-state index in [0.29, 0.717) is 46.8 Å². The van der Waals surface area contributed by atoms with Crippen molar-refractivity contribution in [2.45, 2.75) is 82.3 Å². The van der Waals surface area contributed by atoms with Gasteiger partial charge in [-0.3, -0.25) is 14.5 Å². The number of phenols is 1. The number of aromatic amines is 1. The van der Waals surface area contributed by atoms with Crippen molar-refractivity contribution in [2.75, 3.05) is 39.3 Å². The molecule has 4 aromatic carbocycles. The number of phenolic OH excluding ortho intramolecular Hbond substituents is 1. The third kappa shape index (κ3) is 10.4. The van der Waals surface area contributed by atoms with E-state index in [-0.39, 0.29) is 29.4 Å². The third-order valence-corrected chi connectivity index (χ3v) is 12.7. The first-order valence-corrected chi connectivity index (χ1v) is 21.9. The molecule has 0 saturated carbocycles. The molecule has 5 aromatic rings. The fraction of sp³-hybridized carbons (Fsp3) is 0.408. The lowest BCUT2D eigenvalue weighted by molar-refractivity contribution is -0.0336. The van der Waals surface area contributed by atoms with Crippen LogP contribution in [0.2, 0.25) is 0 Å². The Bertz CT molecular complexity index is 2310. The number of nitrogens with one attached hydrogen (secondary N) is 3. The highest BCUT2D eigenvalue weighted by molar-refractivity contribution is 5.94. The second-order valence-corrected chi connectivity index (χ2v) is 16.8. The maximum Gasteiger partial charge on any atom is 0.408 e. The second kappa shape index (κ2) is 19.8. The van der Waals surface area contributed by atoms with Gasteiger partial charge in [-0.25, -0.2) is 4.79 Å². The number of amides is 2. The van der Waals surface area contributed by atoms with Crippen molar-refractivity contribution >= 4 is 22.9 Å². The molecule has 4 atom stereocenters. The van der Waals surface area contributed by atoms with E-state index in [1.165, 1.54) is 12.1 Å². The van der Waals surface area contributed by atoms with Gasteiger partial charge in [0.15, 0.2) is 0 Å². The van der Waals surface area contributed by atoms with Crippen molar-refractivity contribution in [3.05, 3.63) is 141 Å². The molecule has 1 aromatic heterocycles. The molecule has 4 aliphatic heterocycles. The number of aliphatic hydroxyl groups is 1. The Labute approximate surface area is 356 Å². The zero-order valence-corrected chi connectivity index (χ0v) is 34.6. The summed E-state index contributed by atoms with van der Waals surface area (Å²) in [6.45, 7) is 5.10. The number of nitrogens with zero attached hydrogens (tertiary/aromatic N) is 2. The maximum atomic E-state index is 13.8. The van der Waals surface area contributed by atoms with Crippen LogP contribution in [0.1, 0.15) is 96.1 Å². The van der Waals surface area contributed by atoms with Crippen LogP contribution in [0, 0.1) is 5.92 Å². The molecule has 5 N–H and O–H groups in total. The van der Waals surface area contributed by atoms with Gasteiger partial charge < -0.3 is 40.2 Å². The van der Waals surface area contributed by atoms with Gasteiger partial charge in [-0.2, -0.15) is 0 Å². The van der Waals surface area contributed by atoms with Gasteiger partial charge in [0, 0.05) is 42.7 Å². The third-order valence-electron chi connectivity index (χ3n) is 12.7. The Morgan fingerprint density at radius 1 is 0.852 bits per heavy atom. The Morgan fingerprint density at radius 2 is 1.66 bits per heavy atom. The highest BCUT2D eigenvalue weighted by Gasteiger charge is 2.37. The first-order chi connectivity index (χ1) is 29.8. The number of H-pyrrole nitrogens is 1. The molecule has 2 amide bonds. The standard InChI is InChI=1S/C49H57N5O7/c55-42-21-19-40(41-20-22-45(57)51-47(41)42)43(56)30-50-25-6-4-12-38-13-5-7-26-54(38)48(58)36-17-15-33(16-18-36)32-60-39-14-8-11-37(29-39)46(35-9-2-1-3-10-35)52-49(59)61-44-31-53-27-23-34(44)24-28-53/h1-3,8-11,14-22,29,34,38,43-44,46,50,55-56H,4-7,12-13,23-28,30-32H2,(H,51,57)(H,52,59)/t38?,43?,44?,46-/m0/s1. The Balaban J connectivity index is 0.810. The summed E-state index contributed by atoms with van der Waals surface area (Å²) in [6.07, 6.45) is 6.71. The fourth-order valence-corrected chi connectivity index (χ4v) is 9.29. The van der Waals surface area contributed by atoms with E-state index in [1.807, 2.05) is 83.8 Å². The summed E-state index contributed by atoms with van der Waals surface area (Å²) in [5, 5.41) is 28.1. The van der Waals surface area contributed by atoms with Crippen molar-refractivity contribution in [1.82, 2.24) is 25.4 Å². The number of likely N-dealkylation sites (tertiary alicyclic amines) is 1. The van der Waals surface area contributed by atoms with Crippen LogP contribution in [-0.2, 0) is 11.3 Å². The van der Waals surface area contributed by atoms with Crippen molar-refractivity contribution in [2.24, 2.45) is 5.92 Å². The molecule has 3 unspecified atom stereocenters. The van der Waals surface area contributed by atoms with E-state index < -0.39 is 18.2 Å². The van der Waals surface area contributed by atoms with E-state index >= 15 is 0 Å². The van der Waals surface area contributed by atoms with Crippen LogP contribution in [0.4, 0.5) is 4.79 Å².